The molecule has 1 atom stereocenters. The molecule has 1 unspecified atom stereocenters. The van der Waals surface area contributed by atoms with Crippen molar-refractivity contribution < 1.29 is 9.50 Å². The van der Waals surface area contributed by atoms with Crippen LogP contribution in [0.4, 0.5) is 4.39 Å². The van der Waals surface area contributed by atoms with E-state index in [1.54, 1.807) is 0 Å². The summed E-state index contributed by atoms with van der Waals surface area (Å²) in [6, 6.07) is 3.97. The normalized spacial score (nSPS) is 12.7. The fourth-order valence-electron chi connectivity index (χ4n) is 1.54. The van der Waals surface area contributed by atoms with Gasteiger partial charge in [0.1, 0.15) is 5.82 Å². The fourth-order valence-corrected chi connectivity index (χ4v) is 2.60. The lowest BCUT2D eigenvalue weighted by molar-refractivity contribution is 0.178. The van der Waals surface area contributed by atoms with Crippen LogP contribution in [0.3, 0.4) is 0 Å². The summed E-state index contributed by atoms with van der Waals surface area (Å²) < 4.78 is 13.1. The van der Waals surface area contributed by atoms with E-state index in [2.05, 4.69) is 4.98 Å². The Morgan fingerprint density at radius 3 is 2.94 bits per heavy atom. The predicted molar refractivity (Wildman–Crippen MR) is 66.9 cm³/mol. The van der Waals surface area contributed by atoms with Gasteiger partial charge in [-0.3, -0.25) is 0 Å². The molecule has 1 heterocycles. The van der Waals surface area contributed by atoms with E-state index in [1.165, 1.54) is 29.5 Å². The summed E-state index contributed by atoms with van der Waals surface area (Å²) in [6.07, 6.45) is -0.481. The van der Waals surface area contributed by atoms with Gasteiger partial charge in [-0.1, -0.05) is 11.6 Å². The molecule has 1 N–H and O–H groups in total. The number of thiazole rings is 1. The van der Waals surface area contributed by atoms with Gasteiger partial charge in [-0.05, 0) is 25.1 Å². The first kappa shape index (κ1) is 12.5. The number of nitrogens with zero attached hydrogens (tertiary/aromatic N) is 1. The second-order valence-corrected chi connectivity index (χ2v) is 5.12. The molecular formula is C12H11ClFNOS. The Balaban J connectivity index is 2.19. The van der Waals surface area contributed by atoms with Crippen LogP contribution >= 0.6 is 22.9 Å². The molecule has 0 aliphatic rings. The summed E-state index contributed by atoms with van der Waals surface area (Å²) >= 11 is 7.39. The van der Waals surface area contributed by atoms with Crippen LogP contribution in [0.25, 0.3) is 0 Å². The molecule has 1 aromatic heterocycles. The number of aliphatic hydroxyl groups is 1. The molecule has 0 aliphatic carbocycles. The van der Waals surface area contributed by atoms with Crippen molar-refractivity contribution in [2.24, 2.45) is 0 Å². The number of aliphatic hydroxyl groups excluding tert-OH is 1. The lowest BCUT2D eigenvalue weighted by Gasteiger charge is -2.11. The first-order valence-electron chi connectivity index (χ1n) is 5.10. The van der Waals surface area contributed by atoms with Crippen LogP contribution in [0, 0.1) is 12.7 Å². The fraction of sp³-hybridized carbons (Fsp3) is 0.250. The molecule has 0 spiro atoms. The minimum atomic E-state index is -0.830. The lowest BCUT2D eigenvalue weighted by atomic mass is 10.1. The van der Waals surface area contributed by atoms with E-state index < -0.39 is 11.9 Å². The van der Waals surface area contributed by atoms with Gasteiger partial charge in [0, 0.05) is 28.1 Å². The zero-order chi connectivity index (χ0) is 12.4. The number of hydrogen-bond acceptors (Lipinski definition) is 3. The highest BCUT2D eigenvalue weighted by molar-refractivity contribution is 7.09. The van der Waals surface area contributed by atoms with Crippen molar-refractivity contribution in [2.45, 2.75) is 19.4 Å². The van der Waals surface area contributed by atoms with Crippen molar-refractivity contribution in [2.75, 3.05) is 0 Å². The van der Waals surface area contributed by atoms with Gasteiger partial charge in [-0.25, -0.2) is 9.37 Å². The van der Waals surface area contributed by atoms with Crippen molar-refractivity contribution in [1.82, 2.24) is 4.98 Å². The van der Waals surface area contributed by atoms with E-state index in [0.717, 1.165) is 10.7 Å². The Morgan fingerprint density at radius 1 is 1.53 bits per heavy atom. The molecule has 0 saturated carbocycles. The van der Waals surface area contributed by atoms with Gasteiger partial charge in [-0.15, -0.1) is 11.3 Å². The third-order valence-corrected chi connectivity index (χ3v) is 3.68. The smallest absolute Gasteiger partial charge is 0.123 e. The number of aryl methyl sites for hydroxylation is 1. The van der Waals surface area contributed by atoms with Crippen LogP contribution in [0.1, 0.15) is 22.4 Å². The van der Waals surface area contributed by atoms with Crippen LogP contribution in [0.15, 0.2) is 23.6 Å². The van der Waals surface area contributed by atoms with Crippen molar-refractivity contribution in [3.05, 3.63) is 50.7 Å². The maximum atomic E-state index is 13.1. The van der Waals surface area contributed by atoms with E-state index in [0.29, 0.717) is 17.0 Å². The van der Waals surface area contributed by atoms with Crippen LogP contribution in [0.5, 0.6) is 0 Å². The van der Waals surface area contributed by atoms with Gasteiger partial charge in [0.2, 0.25) is 0 Å². The Labute approximate surface area is 108 Å². The third kappa shape index (κ3) is 3.03. The van der Waals surface area contributed by atoms with E-state index in [1.807, 2.05) is 12.3 Å². The molecule has 0 amide bonds. The van der Waals surface area contributed by atoms with Gasteiger partial charge in [-0.2, -0.15) is 0 Å². The molecule has 2 nitrogen and oxygen atoms in total. The minimum Gasteiger partial charge on any atom is -0.388 e. The van der Waals surface area contributed by atoms with Crippen molar-refractivity contribution in [3.63, 3.8) is 0 Å². The molecule has 17 heavy (non-hydrogen) atoms. The summed E-state index contributed by atoms with van der Waals surface area (Å²) in [4.78, 5) is 4.25. The highest BCUT2D eigenvalue weighted by Crippen LogP contribution is 2.27. The molecular weight excluding hydrogens is 261 g/mol. The highest BCUT2D eigenvalue weighted by Gasteiger charge is 2.15. The van der Waals surface area contributed by atoms with E-state index in [9.17, 15) is 9.50 Å². The van der Waals surface area contributed by atoms with Crippen LogP contribution in [0.2, 0.25) is 5.02 Å². The second-order valence-electron chi connectivity index (χ2n) is 3.77. The molecule has 5 heteroatoms. The predicted octanol–water partition coefficient (Wildman–Crippen LogP) is 3.52. The van der Waals surface area contributed by atoms with Crippen molar-refractivity contribution >= 4 is 22.9 Å². The van der Waals surface area contributed by atoms with Gasteiger partial charge in [0.25, 0.3) is 0 Å². The van der Waals surface area contributed by atoms with Gasteiger partial charge >= 0.3 is 0 Å². The zero-order valence-electron chi connectivity index (χ0n) is 9.15. The Morgan fingerprint density at radius 2 is 2.29 bits per heavy atom. The standard InChI is InChI=1S/C12H11ClFNOS/c1-7-6-17-12(15-7)5-11(16)9-4-8(14)2-3-10(9)13/h2-4,6,11,16H,5H2,1H3. The van der Waals surface area contributed by atoms with E-state index >= 15 is 0 Å². The second kappa shape index (κ2) is 5.12. The summed E-state index contributed by atoms with van der Waals surface area (Å²) in [5.41, 5.74) is 1.32. The van der Waals surface area contributed by atoms with Gasteiger partial charge < -0.3 is 5.11 Å². The molecule has 0 aliphatic heterocycles. The average molecular weight is 272 g/mol. The number of hydrogen-bond donors (Lipinski definition) is 1. The largest absolute Gasteiger partial charge is 0.388 e. The molecule has 0 bridgehead atoms. The summed E-state index contributed by atoms with van der Waals surface area (Å²) in [5.74, 6) is -0.404. The number of rotatable bonds is 3. The maximum Gasteiger partial charge on any atom is 0.123 e. The SMILES string of the molecule is Cc1csc(CC(O)c2cc(F)ccc2Cl)n1. The topological polar surface area (TPSA) is 33.1 Å². The first-order valence-corrected chi connectivity index (χ1v) is 6.36. The molecule has 2 rings (SSSR count). The van der Waals surface area contributed by atoms with Crippen LogP contribution in [-0.4, -0.2) is 10.1 Å². The van der Waals surface area contributed by atoms with E-state index in [-0.39, 0.29) is 0 Å². The number of benzene rings is 1. The lowest BCUT2D eigenvalue weighted by Crippen LogP contribution is -2.03. The Bertz CT molecular complexity index is 529. The summed E-state index contributed by atoms with van der Waals surface area (Å²) in [6.45, 7) is 1.89. The van der Waals surface area contributed by atoms with Crippen LogP contribution < -0.4 is 0 Å². The van der Waals surface area contributed by atoms with Gasteiger partial charge in [0.05, 0.1) is 11.1 Å². The third-order valence-electron chi connectivity index (χ3n) is 2.35. The van der Waals surface area contributed by atoms with Gasteiger partial charge in [0.15, 0.2) is 0 Å². The maximum absolute atomic E-state index is 13.1. The first-order chi connectivity index (χ1) is 8.06. The molecule has 1 aromatic carbocycles. The molecule has 0 saturated heterocycles. The van der Waals surface area contributed by atoms with E-state index in [4.69, 9.17) is 11.6 Å². The quantitative estimate of drug-likeness (QED) is 0.927. The summed E-state index contributed by atoms with van der Waals surface area (Å²) in [7, 11) is 0. The van der Waals surface area contributed by atoms with Crippen LogP contribution in [-0.2, 0) is 6.42 Å². The Kier molecular flexibility index (Phi) is 3.76. The number of halogens is 2. The highest BCUT2D eigenvalue weighted by atomic mass is 35.5. The zero-order valence-corrected chi connectivity index (χ0v) is 10.7. The minimum absolute atomic E-state index is 0.349. The number of aromatic nitrogens is 1. The monoisotopic (exact) mass is 271 g/mol. The van der Waals surface area contributed by atoms with Crippen molar-refractivity contribution in [1.29, 1.82) is 0 Å². The molecule has 0 radical (unpaired) electrons. The molecule has 90 valence electrons. The molecule has 0 fully saturated rings. The van der Waals surface area contributed by atoms with Crippen molar-refractivity contribution in [3.8, 4) is 0 Å². The summed E-state index contributed by atoms with van der Waals surface area (Å²) in [5, 5.41) is 13.1. The molecule has 2 aromatic rings. The average Bonchev–Trinajstić information content (AvgIpc) is 2.67. The Hall–Kier alpha value is -0.970.